The van der Waals surface area contributed by atoms with Crippen LogP contribution in [-0.2, 0) is 4.79 Å². The van der Waals surface area contributed by atoms with Crippen molar-refractivity contribution in [2.45, 2.75) is 41.7 Å². The number of aldehydes is 1. The van der Waals surface area contributed by atoms with Crippen LogP contribution in [0.2, 0.25) is 9.10 Å². The summed E-state index contributed by atoms with van der Waals surface area (Å²) in [6, 6.07) is 0. The number of hydrogen-bond acceptors (Lipinski definition) is 1. The van der Waals surface area contributed by atoms with Gasteiger partial charge in [-0.15, -0.1) is 9.10 Å². The van der Waals surface area contributed by atoms with Crippen LogP contribution >= 0.6 is 0 Å². The molecular formula is C8H16MgO. The zero-order chi connectivity index (χ0) is 7.66. The van der Waals surface area contributed by atoms with E-state index >= 15 is 0 Å². The van der Waals surface area contributed by atoms with Gasteiger partial charge >= 0.3 is 20.4 Å². The fraction of sp³-hybridized carbons (Fsp3) is 0.875. The highest BCUT2D eigenvalue weighted by Crippen LogP contribution is 1.99. The summed E-state index contributed by atoms with van der Waals surface area (Å²) in [6.07, 6.45) is 5.72. The maximum atomic E-state index is 9.91. The van der Waals surface area contributed by atoms with E-state index in [0.717, 1.165) is 19.1 Å². The second-order valence-corrected chi connectivity index (χ2v) is 4.84. The lowest BCUT2D eigenvalue weighted by Crippen LogP contribution is -1.88. The molecule has 0 rings (SSSR count). The van der Waals surface area contributed by atoms with Crippen LogP contribution in [0.25, 0.3) is 0 Å². The molecule has 2 heteroatoms. The van der Waals surface area contributed by atoms with Crippen LogP contribution in [0.1, 0.15) is 32.6 Å². The molecule has 10 heavy (non-hydrogen) atoms. The van der Waals surface area contributed by atoms with Crippen LogP contribution < -0.4 is 0 Å². The number of carbonyl (C=O) groups is 1. The summed E-state index contributed by atoms with van der Waals surface area (Å²) < 4.78 is 2.86. The fourth-order valence-electron chi connectivity index (χ4n) is 1.01. The lowest BCUT2D eigenvalue weighted by atomic mass is 10.4. The Bertz CT molecular complexity index is 73.7. The third-order valence-corrected chi connectivity index (χ3v) is 3.68. The van der Waals surface area contributed by atoms with E-state index in [0.29, 0.717) is 0 Å². The summed E-state index contributed by atoms with van der Waals surface area (Å²) in [5.41, 5.74) is 0. The van der Waals surface area contributed by atoms with Crippen molar-refractivity contribution in [3.8, 4) is 0 Å². The molecule has 0 fully saturated rings. The van der Waals surface area contributed by atoms with Crippen molar-refractivity contribution >= 4 is 26.7 Å². The zero-order valence-electron chi connectivity index (χ0n) is 6.94. The van der Waals surface area contributed by atoms with E-state index in [2.05, 4.69) is 6.92 Å². The average molecular weight is 153 g/mol. The Morgan fingerprint density at radius 1 is 1.30 bits per heavy atom. The topological polar surface area (TPSA) is 17.1 Å². The Kier molecular flexibility index (Phi) is 9.85. The maximum absolute atomic E-state index is 9.91. The molecule has 0 aromatic rings. The Morgan fingerprint density at radius 3 is 2.60 bits per heavy atom. The summed E-state index contributed by atoms with van der Waals surface area (Å²) >= 11 is 0.221. The molecule has 0 amide bonds. The lowest BCUT2D eigenvalue weighted by molar-refractivity contribution is -0.107. The number of unbranched alkanes of at least 4 members (excludes halogenated alkanes) is 2. The maximum Gasteiger partial charge on any atom is 0.364 e. The molecule has 0 aromatic heterocycles. The highest BCUT2D eigenvalue weighted by atomic mass is 24.5. The largest absolute Gasteiger partial charge is 0.364 e. The normalized spacial score (nSPS) is 8.90. The first-order chi connectivity index (χ1) is 4.91. The summed E-state index contributed by atoms with van der Waals surface area (Å²) in [5, 5.41) is 0. The standard InChI is InChI=1S/C4H7O.C4H9.Mg/c1-2-3-4-5;1-3-4-2;/h4H,1-3H2;1,3-4H2,2H3;. The van der Waals surface area contributed by atoms with Gasteiger partial charge in [-0.25, -0.2) is 0 Å². The molecule has 0 N–H and O–H groups in total. The highest BCUT2D eigenvalue weighted by Gasteiger charge is 1.93. The van der Waals surface area contributed by atoms with E-state index in [9.17, 15) is 4.79 Å². The molecule has 0 bridgehead atoms. The lowest BCUT2D eigenvalue weighted by Gasteiger charge is -1.92. The van der Waals surface area contributed by atoms with Crippen LogP contribution in [0.4, 0.5) is 0 Å². The molecule has 0 unspecified atom stereocenters. The molecule has 0 aromatic carbocycles. The van der Waals surface area contributed by atoms with Gasteiger partial charge < -0.3 is 4.79 Å². The van der Waals surface area contributed by atoms with Crippen LogP contribution in [-0.4, -0.2) is 26.7 Å². The minimum atomic E-state index is 0.221. The summed E-state index contributed by atoms with van der Waals surface area (Å²) in [4.78, 5) is 9.91. The molecule has 0 radical (unpaired) electrons. The van der Waals surface area contributed by atoms with E-state index in [1.165, 1.54) is 21.9 Å². The predicted octanol–water partition coefficient (Wildman–Crippen LogP) is 2.31. The highest BCUT2D eigenvalue weighted by molar-refractivity contribution is 6.35. The Balaban J connectivity index is 2.70. The first-order valence-electron chi connectivity index (χ1n) is 4.35. The number of hydrogen-bond donors (Lipinski definition) is 0. The van der Waals surface area contributed by atoms with Crippen molar-refractivity contribution in [2.75, 3.05) is 0 Å². The molecule has 0 aliphatic heterocycles. The minimum Gasteiger partial charge on any atom is -0.303 e. The molecule has 0 atom stereocenters. The molecule has 0 spiro atoms. The van der Waals surface area contributed by atoms with Crippen LogP contribution in [0, 0.1) is 0 Å². The summed E-state index contributed by atoms with van der Waals surface area (Å²) in [5.74, 6) is 0. The number of rotatable bonds is 7. The fourth-order valence-corrected chi connectivity index (χ4v) is 2.86. The van der Waals surface area contributed by atoms with E-state index in [-0.39, 0.29) is 20.4 Å². The van der Waals surface area contributed by atoms with E-state index in [1.54, 1.807) is 0 Å². The third-order valence-electron chi connectivity index (χ3n) is 1.68. The minimum absolute atomic E-state index is 0.221. The first kappa shape index (κ1) is 10.4. The molecule has 0 saturated carbocycles. The van der Waals surface area contributed by atoms with Crippen molar-refractivity contribution in [2.24, 2.45) is 0 Å². The third kappa shape index (κ3) is 8.44. The van der Waals surface area contributed by atoms with Gasteiger partial charge in [0.1, 0.15) is 6.29 Å². The van der Waals surface area contributed by atoms with Crippen LogP contribution in [0.3, 0.4) is 0 Å². The molecule has 0 aliphatic rings. The van der Waals surface area contributed by atoms with Crippen molar-refractivity contribution in [1.82, 2.24) is 0 Å². The van der Waals surface area contributed by atoms with Gasteiger partial charge in [0.2, 0.25) is 0 Å². The molecule has 0 aliphatic carbocycles. The molecular weight excluding hydrogens is 136 g/mol. The first-order valence-corrected chi connectivity index (χ1v) is 6.35. The molecule has 1 nitrogen and oxygen atoms in total. The van der Waals surface area contributed by atoms with Crippen molar-refractivity contribution in [1.29, 1.82) is 0 Å². The SMILES string of the molecule is CCC[CH2][Mg][CH2]CCC=O. The Morgan fingerprint density at radius 2 is 2.00 bits per heavy atom. The average Bonchev–Trinajstić information content (AvgIpc) is 1.97. The van der Waals surface area contributed by atoms with Gasteiger partial charge in [-0.3, -0.25) is 0 Å². The van der Waals surface area contributed by atoms with Gasteiger partial charge in [0.25, 0.3) is 0 Å². The Hall–Kier alpha value is 0.436. The molecule has 56 valence electrons. The summed E-state index contributed by atoms with van der Waals surface area (Å²) in [7, 11) is 0. The van der Waals surface area contributed by atoms with Gasteiger partial charge in [-0.1, -0.05) is 26.2 Å². The smallest absolute Gasteiger partial charge is 0.303 e. The monoisotopic (exact) mass is 152 g/mol. The van der Waals surface area contributed by atoms with Crippen molar-refractivity contribution < 1.29 is 4.79 Å². The van der Waals surface area contributed by atoms with Gasteiger partial charge in [0.15, 0.2) is 0 Å². The van der Waals surface area contributed by atoms with E-state index in [1.807, 2.05) is 0 Å². The van der Waals surface area contributed by atoms with E-state index < -0.39 is 0 Å². The Labute approximate surface area is 73.3 Å². The number of carbonyl (C=O) groups excluding carboxylic acids is 1. The second kappa shape index (κ2) is 9.44. The van der Waals surface area contributed by atoms with Crippen molar-refractivity contribution in [3.63, 3.8) is 0 Å². The van der Waals surface area contributed by atoms with Crippen LogP contribution in [0.5, 0.6) is 0 Å². The second-order valence-electron chi connectivity index (χ2n) is 2.72. The zero-order valence-corrected chi connectivity index (χ0v) is 8.35. The molecule has 0 saturated heterocycles. The quantitative estimate of drug-likeness (QED) is 0.311. The molecule has 0 heterocycles. The van der Waals surface area contributed by atoms with Crippen molar-refractivity contribution in [3.05, 3.63) is 0 Å². The predicted molar refractivity (Wildman–Crippen MR) is 45.6 cm³/mol. The van der Waals surface area contributed by atoms with Gasteiger partial charge in [0.05, 0.1) is 0 Å². The van der Waals surface area contributed by atoms with E-state index in [4.69, 9.17) is 0 Å². The van der Waals surface area contributed by atoms with Crippen LogP contribution in [0.15, 0.2) is 0 Å². The van der Waals surface area contributed by atoms with Gasteiger partial charge in [0, 0.05) is 6.42 Å². The summed E-state index contributed by atoms with van der Waals surface area (Å²) in [6.45, 7) is 2.24. The van der Waals surface area contributed by atoms with Gasteiger partial charge in [-0.05, 0) is 0 Å². The van der Waals surface area contributed by atoms with Gasteiger partial charge in [-0.2, -0.15) is 0 Å².